The van der Waals surface area contributed by atoms with Crippen LogP contribution in [0.5, 0.6) is 0 Å². The smallest absolute Gasteiger partial charge is 0.340 e. The second kappa shape index (κ2) is 4.00. The molecule has 1 aromatic rings. The average molecular weight is 221 g/mol. The van der Waals surface area contributed by atoms with E-state index in [1.165, 1.54) is 13.3 Å². The molecular weight excluding hydrogens is 206 g/mol. The molecule has 0 aliphatic heterocycles. The number of esters is 1. The van der Waals surface area contributed by atoms with Crippen LogP contribution in [0.3, 0.4) is 0 Å². The Morgan fingerprint density at radius 2 is 2.38 bits per heavy atom. The Hall–Kier alpha value is -1.78. The maximum absolute atomic E-state index is 11.4. The van der Waals surface area contributed by atoms with Gasteiger partial charge in [-0.1, -0.05) is 6.92 Å². The van der Waals surface area contributed by atoms with E-state index in [-0.39, 0.29) is 0 Å². The van der Waals surface area contributed by atoms with Crippen molar-refractivity contribution in [2.45, 2.75) is 19.4 Å². The number of nitrogens with two attached hydrogens (primary N) is 1. The molecular formula is C11H15N3O2. The maximum Gasteiger partial charge on any atom is 0.340 e. The van der Waals surface area contributed by atoms with Crippen molar-refractivity contribution < 1.29 is 9.53 Å². The highest BCUT2D eigenvalue weighted by Crippen LogP contribution is 2.32. The number of aromatic nitrogens is 1. The van der Waals surface area contributed by atoms with E-state index in [4.69, 9.17) is 5.73 Å². The molecule has 0 saturated heterocycles. The minimum absolute atomic E-state index is 0.334. The van der Waals surface area contributed by atoms with Gasteiger partial charge >= 0.3 is 5.97 Å². The number of nitrogen functional groups attached to an aromatic ring is 1. The van der Waals surface area contributed by atoms with E-state index in [1.807, 2.05) is 0 Å². The summed E-state index contributed by atoms with van der Waals surface area (Å²) in [5, 5.41) is 3.24. The van der Waals surface area contributed by atoms with Gasteiger partial charge in [0.05, 0.1) is 24.6 Å². The SMILES string of the molecule is COC(=O)c1cc(NC2CC2C)ncc1N. The molecule has 0 amide bonds. The van der Waals surface area contributed by atoms with E-state index in [0.29, 0.717) is 29.0 Å². The lowest BCUT2D eigenvalue weighted by Crippen LogP contribution is -2.10. The zero-order valence-electron chi connectivity index (χ0n) is 9.36. The lowest BCUT2D eigenvalue weighted by atomic mass is 10.2. The Balaban J connectivity index is 2.18. The first-order valence-electron chi connectivity index (χ1n) is 5.22. The van der Waals surface area contributed by atoms with E-state index < -0.39 is 5.97 Å². The van der Waals surface area contributed by atoms with Gasteiger partial charge in [-0.05, 0) is 18.4 Å². The number of hydrogen-bond acceptors (Lipinski definition) is 5. The molecule has 1 aliphatic rings. The summed E-state index contributed by atoms with van der Waals surface area (Å²) in [5.41, 5.74) is 6.34. The van der Waals surface area contributed by atoms with Crippen molar-refractivity contribution in [1.82, 2.24) is 4.98 Å². The third-order valence-corrected chi connectivity index (χ3v) is 2.78. The van der Waals surface area contributed by atoms with Crippen molar-refractivity contribution >= 4 is 17.5 Å². The van der Waals surface area contributed by atoms with E-state index in [0.717, 1.165) is 6.42 Å². The predicted octanol–water partition coefficient (Wildman–Crippen LogP) is 1.27. The Kier molecular flexibility index (Phi) is 2.68. The number of ether oxygens (including phenoxy) is 1. The number of nitrogens with zero attached hydrogens (tertiary/aromatic N) is 1. The van der Waals surface area contributed by atoms with Crippen LogP contribution in [0.15, 0.2) is 12.3 Å². The van der Waals surface area contributed by atoms with Gasteiger partial charge in [-0.2, -0.15) is 0 Å². The summed E-state index contributed by atoms with van der Waals surface area (Å²) in [5.74, 6) is 0.900. The monoisotopic (exact) mass is 221 g/mol. The molecule has 1 fully saturated rings. The van der Waals surface area contributed by atoms with Crippen LogP contribution in [0, 0.1) is 5.92 Å². The number of carbonyl (C=O) groups excluding carboxylic acids is 1. The van der Waals surface area contributed by atoms with Crippen LogP contribution in [-0.4, -0.2) is 24.1 Å². The number of carbonyl (C=O) groups is 1. The number of pyridine rings is 1. The predicted molar refractivity (Wildman–Crippen MR) is 61.2 cm³/mol. The Morgan fingerprint density at radius 3 is 2.94 bits per heavy atom. The molecule has 2 rings (SSSR count). The van der Waals surface area contributed by atoms with Gasteiger partial charge in [0.1, 0.15) is 5.82 Å². The first-order chi connectivity index (χ1) is 7.61. The molecule has 3 N–H and O–H groups in total. The Morgan fingerprint density at radius 1 is 1.69 bits per heavy atom. The molecule has 1 heterocycles. The topological polar surface area (TPSA) is 77.2 Å². The minimum Gasteiger partial charge on any atom is -0.465 e. The van der Waals surface area contributed by atoms with Gasteiger partial charge in [0.15, 0.2) is 0 Å². The number of methoxy groups -OCH3 is 1. The average Bonchev–Trinajstić information content (AvgIpc) is 2.96. The molecule has 16 heavy (non-hydrogen) atoms. The van der Waals surface area contributed by atoms with Crippen molar-refractivity contribution in [3.8, 4) is 0 Å². The van der Waals surface area contributed by atoms with Crippen molar-refractivity contribution in [1.29, 1.82) is 0 Å². The molecule has 86 valence electrons. The normalized spacial score (nSPS) is 22.6. The van der Waals surface area contributed by atoms with Crippen LogP contribution < -0.4 is 11.1 Å². The number of anilines is 2. The van der Waals surface area contributed by atoms with Crippen LogP contribution in [0.25, 0.3) is 0 Å². The zero-order chi connectivity index (χ0) is 11.7. The molecule has 0 aromatic carbocycles. The molecule has 5 heteroatoms. The van der Waals surface area contributed by atoms with Gasteiger partial charge in [-0.3, -0.25) is 0 Å². The van der Waals surface area contributed by atoms with Gasteiger partial charge < -0.3 is 15.8 Å². The second-order valence-electron chi connectivity index (χ2n) is 4.11. The third-order valence-electron chi connectivity index (χ3n) is 2.78. The van der Waals surface area contributed by atoms with Gasteiger partial charge in [0.2, 0.25) is 0 Å². The van der Waals surface area contributed by atoms with Gasteiger partial charge in [0.25, 0.3) is 0 Å². The number of hydrogen-bond donors (Lipinski definition) is 2. The van der Waals surface area contributed by atoms with Crippen LogP contribution in [0.4, 0.5) is 11.5 Å². The summed E-state index contributed by atoms with van der Waals surface area (Å²) in [6, 6.07) is 2.09. The number of rotatable bonds is 3. The number of nitrogens with one attached hydrogen (secondary N) is 1. The third kappa shape index (κ3) is 2.08. The first-order valence-corrected chi connectivity index (χ1v) is 5.22. The molecule has 1 saturated carbocycles. The van der Waals surface area contributed by atoms with Crippen LogP contribution >= 0.6 is 0 Å². The van der Waals surface area contributed by atoms with Gasteiger partial charge in [-0.25, -0.2) is 9.78 Å². The zero-order valence-corrected chi connectivity index (χ0v) is 9.36. The van der Waals surface area contributed by atoms with Crippen molar-refractivity contribution in [2.75, 3.05) is 18.2 Å². The molecule has 2 unspecified atom stereocenters. The molecule has 0 spiro atoms. The molecule has 2 atom stereocenters. The van der Waals surface area contributed by atoms with Crippen molar-refractivity contribution in [2.24, 2.45) is 5.92 Å². The Bertz CT molecular complexity index is 420. The summed E-state index contributed by atoms with van der Waals surface area (Å²) < 4.78 is 4.64. The highest BCUT2D eigenvalue weighted by molar-refractivity contribution is 5.95. The second-order valence-corrected chi connectivity index (χ2v) is 4.11. The van der Waals surface area contributed by atoms with E-state index in [2.05, 4.69) is 22.0 Å². The molecule has 0 radical (unpaired) electrons. The van der Waals surface area contributed by atoms with Crippen molar-refractivity contribution in [3.05, 3.63) is 17.8 Å². The summed E-state index contributed by atoms with van der Waals surface area (Å²) in [6.07, 6.45) is 2.61. The summed E-state index contributed by atoms with van der Waals surface area (Å²) in [7, 11) is 1.33. The maximum atomic E-state index is 11.4. The standard InChI is InChI=1S/C11H15N3O2/c1-6-3-9(6)14-10-4-7(11(15)16-2)8(12)5-13-10/h4-6,9H,3,12H2,1-2H3,(H,13,14). The molecule has 1 aromatic heterocycles. The lowest BCUT2D eigenvalue weighted by Gasteiger charge is -2.07. The summed E-state index contributed by atoms with van der Waals surface area (Å²) in [4.78, 5) is 15.5. The fourth-order valence-electron chi connectivity index (χ4n) is 1.54. The quantitative estimate of drug-likeness (QED) is 0.751. The van der Waals surface area contributed by atoms with Crippen LogP contribution in [-0.2, 0) is 4.74 Å². The fraction of sp³-hybridized carbons (Fsp3) is 0.455. The summed E-state index contributed by atoms with van der Waals surface area (Å²) >= 11 is 0. The molecule has 1 aliphatic carbocycles. The molecule has 0 bridgehead atoms. The van der Waals surface area contributed by atoms with Crippen LogP contribution in [0.2, 0.25) is 0 Å². The fourth-order valence-corrected chi connectivity index (χ4v) is 1.54. The van der Waals surface area contributed by atoms with Gasteiger partial charge in [0, 0.05) is 6.04 Å². The van der Waals surface area contributed by atoms with Crippen LogP contribution in [0.1, 0.15) is 23.7 Å². The highest BCUT2D eigenvalue weighted by Gasteiger charge is 2.32. The lowest BCUT2D eigenvalue weighted by molar-refractivity contribution is 0.0602. The van der Waals surface area contributed by atoms with E-state index in [9.17, 15) is 4.79 Å². The van der Waals surface area contributed by atoms with E-state index >= 15 is 0 Å². The van der Waals surface area contributed by atoms with Crippen molar-refractivity contribution in [3.63, 3.8) is 0 Å². The summed E-state index contributed by atoms with van der Waals surface area (Å²) in [6.45, 7) is 2.16. The van der Waals surface area contributed by atoms with E-state index in [1.54, 1.807) is 6.07 Å². The van der Waals surface area contributed by atoms with Gasteiger partial charge in [-0.15, -0.1) is 0 Å². The highest BCUT2D eigenvalue weighted by atomic mass is 16.5. The first kappa shape index (κ1) is 10.7. The molecule has 5 nitrogen and oxygen atoms in total. The largest absolute Gasteiger partial charge is 0.465 e. The Labute approximate surface area is 94.0 Å². The minimum atomic E-state index is -0.438.